The first-order chi connectivity index (χ1) is 14.4. The summed E-state index contributed by atoms with van der Waals surface area (Å²) in [5.74, 6) is 0.608. The normalized spacial score (nSPS) is 15.0. The number of carbonyl (C=O) groups is 1. The Balaban J connectivity index is 1.51. The van der Waals surface area contributed by atoms with Gasteiger partial charge in [-0.15, -0.1) is 0 Å². The third-order valence-corrected chi connectivity index (χ3v) is 7.05. The minimum absolute atomic E-state index is 0.0419. The largest absolute Gasteiger partial charge is 0.496 e. The Morgan fingerprint density at radius 3 is 2.40 bits per heavy atom. The lowest BCUT2D eigenvalue weighted by atomic mass is 9.96. The van der Waals surface area contributed by atoms with Crippen molar-refractivity contribution in [2.45, 2.75) is 56.4 Å². The smallest absolute Gasteiger partial charge is 0.251 e. The maximum atomic E-state index is 12.6. The summed E-state index contributed by atoms with van der Waals surface area (Å²) in [5.41, 5.74) is 2.46. The van der Waals surface area contributed by atoms with E-state index in [0.717, 1.165) is 42.6 Å². The van der Waals surface area contributed by atoms with Crippen molar-refractivity contribution in [3.63, 3.8) is 0 Å². The first-order valence-corrected chi connectivity index (χ1v) is 11.9. The molecule has 2 aromatic rings. The summed E-state index contributed by atoms with van der Waals surface area (Å²) in [5, 5.41) is 2.90. The number of aryl methyl sites for hydroxylation is 1. The van der Waals surface area contributed by atoms with Gasteiger partial charge in [-0.05, 0) is 67.6 Å². The van der Waals surface area contributed by atoms with Gasteiger partial charge >= 0.3 is 0 Å². The Morgan fingerprint density at radius 2 is 1.77 bits per heavy atom. The maximum Gasteiger partial charge on any atom is 0.251 e. The molecule has 0 bridgehead atoms. The van der Waals surface area contributed by atoms with Gasteiger partial charge in [0.25, 0.3) is 5.91 Å². The molecule has 2 N–H and O–H groups in total. The molecule has 0 atom stereocenters. The molecule has 2 aromatic carbocycles. The van der Waals surface area contributed by atoms with Crippen LogP contribution in [0.25, 0.3) is 0 Å². The molecule has 0 unspecified atom stereocenters. The molecule has 0 aromatic heterocycles. The minimum Gasteiger partial charge on any atom is -0.496 e. The van der Waals surface area contributed by atoms with Gasteiger partial charge in [-0.25, -0.2) is 13.1 Å². The lowest BCUT2D eigenvalue weighted by Gasteiger charge is -2.22. The first kappa shape index (κ1) is 22.3. The van der Waals surface area contributed by atoms with Crippen LogP contribution in [0.5, 0.6) is 5.75 Å². The van der Waals surface area contributed by atoms with Gasteiger partial charge in [-0.1, -0.05) is 31.4 Å². The van der Waals surface area contributed by atoms with Crippen molar-refractivity contribution in [2.24, 2.45) is 0 Å². The molecule has 0 aliphatic heterocycles. The van der Waals surface area contributed by atoms with Crippen LogP contribution in [0.3, 0.4) is 0 Å². The number of carbonyl (C=O) groups excluding carboxylic acids is 1. The summed E-state index contributed by atoms with van der Waals surface area (Å²) >= 11 is 0. The van der Waals surface area contributed by atoms with Crippen LogP contribution >= 0.6 is 0 Å². The lowest BCUT2D eigenvalue weighted by Crippen LogP contribution is -2.36. The summed E-state index contributed by atoms with van der Waals surface area (Å²) in [6.07, 6.45) is 5.77. The summed E-state index contributed by atoms with van der Waals surface area (Å²) in [6, 6.07) is 12.2. The average molecular weight is 431 g/mol. The van der Waals surface area contributed by atoms with E-state index < -0.39 is 10.0 Å². The highest BCUT2D eigenvalue weighted by atomic mass is 32.2. The van der Waals surface area contributed by atoms with Gasteiger partial charge < -0.3 is 10.1 Å². The Morgan fingerprint density at radius 1 is 1.07 bits per heavy atom. The van der Waals surface area contributed by atoms with Crippen LogP contribution in [-0.4, -0.2) is 34.0 Å². The van der Waals surface area contributed by atoms with Gasteiger partial charge in [0.05, 0.1) is 12.0 Å². The molecule has 1 aliphatic rings. The van der Waals surface area contributed by atoms with Crippen LogP contribution in [0.2, 0.25) is 0 Å². The topological polar surface area (TPSA) is 84.5 Å². The van der Waals surface area contributed by atoms with Crippen molar-refractivity contribution in [2.75, 3.05) is 13.7 Å². The number of ether oxygens (including phenoxy) is 1. The summed E-state index contributed by atoms with van der Waals surface area (Å²) in [7, 11) is -1.88. The molecule has 1 saturated carbocycles. The van der Waals surface area contributed by atoms with E-state index in [1.54, 1.807) is 49.6 Å². The second-order valence-electron chi connectivity index (χ2n) is 7.79. The molecule has 0 radical (unpaired) electrons. The van der Waals surface area contributed by atoms with E-state index in [9.17, 15) is 13.2 Å². The minimum atomic E-state index is -3.49. The van der Waals surface area contributed by atoms with E-state index in [2.05, 4.69) is 10.0 Å². The van der Waals surface area contributed by atoms with Crippen LogP contribution in [0.1, 0.15) is 53.6 Å². The van der Waals surface area contributed by atoms with Crippen molar-refractivity contribution < 1.29 is 17.9 Å². The van der Waals surface area contributed by atoms with E-state index in [4.69, 9.17) is 4.74 Å². The molecule has 1 fully saturated rings. The zero-order valence-corrected chi connectivity index (χ0v) is 18.4. The van der Waals surface area contributed by atoms with Crippen LogP contribution in [-0.2, 0) is 16.4 Å². The maximum absolute atomic E-state index is 12.6. The van der Waals surface area contributed by atoms with E-state index >= 15 is 0 Å². The second-order valence-corrected chi connectivity index (χ2v) is 9.50. The number of sulfonamides is 1. The van der Waals surface area contributed by atoms with Crippen molar-refractivity contribution in [1.82, 2.24) is 10.0 Å². The number of nitrogens with one attached hydrogen (secondary N) is 2. The average Bonchev–Trinajstić information content (AvgIpc) is 2.74. The summed E-state index contributed by atoms with van der Waals surface area (Å²) in [6.45, 7) is 2.37. The molecule has 0 spiro atoms. The van der Waals surface area contributed by atoms with Crippen LogP contribution < -0.4 is 14.8 Å². The number of hydrogen-bond acceptors (Lipinski definition) is 4. The standard InChI is InChI=1S/C23H30N2O4S/c1-17-16-19(10-13-22(17)29-2)23(26)24-15-14-18-8-11-21(12-9-18)30(27,28)25-20-6-4-3-5-7-20/h8-13,16,20,25H,3-7,14-15H2,1-2H3,(H,24,26). The van der Waals surface area contributed by atoms with E-state index in [0.29, 0.717) is 18.5 Å². The quantitative estimate of drug-likeness (QED) is 0.670. The van der Waals surface area contributed by atoms with Gasteiger partial charge in [-0.3, -0.25) is 4.79 Å². The zero-order chi connectivity index (χ0) is 21.6. The number of amides is 1. The summed E-state index contributed by atoms with van der Waals surface area (Å²) < 4.78 is 33.2. The van der Waals surface area contributed by atoms with Crippen molar-refractivity contribution in [3.8, 4) is 5.75 Å². The summed E-state index contributed by atoms with van der Waals surface area (Å²) in [4.78, 5) is 12.6. The molecule has 1 amide bonds. The van der Waals surface area contributed by atoms with E-state index in [-0.39, 0.29) is 16.8 Å². The van der Waals surface area contributed by atoms with E-state index in [1.165, 1.54) is 6.42 Å². The monoisotopic (exact) mass is 430 g/mol. The van der Waals surface area contributed by atoms with Gasteiger partial charge in [-0.2, -0.15) is 0 Å². The lowest BCUT2D eigenvalue weighted by molar-refractivity contribution is 0.0954. The molecule has 30 heavy (non-hydrogen) atoms. The van der Waals surface area contributed by atoms with E-state index in [1.807, 2.05) is 6.92 Å². The molecule has 162 valence electrons. The number of methoxy groups -OCH3 is 1. The number of benzene rings is 2. The Labute approximate surface area is 179 Å². The fraction of sp³-hybridized carbons (Fsp3) is 0.435. The van der Waals surface area contributed by atoms with Crippen molar-refractivity contribution in [1.29, 1.82) is 0 Å². The molecule has 0 heterocycles. The van der Waals surface area contributed by atoms with Crippen molar-refractivity contribution in [3.05, 3.63) is 59.2 Å². The van der Waals surface area contributed by atoms with Crippen LogP contribution in [0, 0.1) is 6.92 Å². The van der Waals surface area contributed by atoms with Gasteiger partial charge in [0.1, 0.15) is 5.75 Å². The molecule has 1 aliphatic carbocycles. The fourth-order valence-electron chi connectivity index (χ4n) is 3.79. The van der Waals surface area contributed by atoms with Gasteiger partial charge in [0.15, 0.2) is 0 Å². The van der Waals surface area contributed by atoms with Crippen LogP contribution in [0.15, 0.2) is 47.4 Å². The molecule has 0 saturated heterocycles. The van der Waals surface area contributed by atoms with Gasteiger partial charge in [0.2, 0.25) is 10.0 Å². The zero-order valence-electron chi connectivity index (χ0n) is 17.6. The SMILES string of the molecule is COc1ccc(C(=O)NCCc2ccc(S(=O)(=O)NC3CCCCC3)cc2)cc1C. The highest BCUT2D eigenvalue weighted by Crippen LogP contribution is 2.20. The van der Waals surface area contributed by atoms with Gasteiger partial charge in [0, 0.05) is 18.2 Å². The Hall–Kier alpha value is -2.38. The molecule has 7 heteroatoms. The number of rotatable bonds is 8. The third kappa shape index (κ3) is 5.83. The molecule has 6 nitrogen and oxygen atoms in total. The predicted octanol–water partition coefficient (Wildman–Crippen LogP) is 3.59. The molecular weight excluding hydrogens is 400 g/mol. The second kappa shape index (κ2) is 10.1. The highest BCUT2D eigenvalue weighted by Gasteiger charge is 2.21. The van der Waals surface area contributed by atoms with Crippen molar-refractivity contribution >= 4 is 15.9 Å². The molecular formula is C23H30N2O4S. The Bertz CT molecular complexity index is 965. The Kier molecular flexibility index (Phi) is 7.50. The predicted molar refractivity (Wildman–Crippen MR) is 117 cm³/mol. The number of hydrogen-bond donors (Lipinski definition) is 2. The first-order valence-electron chi connectivity index (χ1n) is 10.4. The van der Waals surface area contributed by atoms with Crippen LogP contribution in [0.4, 0.5) is 0 Å². The third-order valence-electron chi connectivity index (χ3n) is 5.52. The fourth-order valence-corrected chi connectivity index (χ4v) is 5.09. The highest BCUT2D eigenvalue weighted by molar-refractivity contribution is 7.89. The molecule has 3 rings (SSSR count).